The molecule has 1 aliphatic heterocycles. The van der Waals surface area contributed by atoms with E-state index in [1.54, 1.807) is 43.4 Å². The fourth-order valence-corrected chi connectivity index (χ4v) is 3.55. The van der Waals surface area contributed by atoms with Crippen molar-refractivity contribution in [1.29, 1.82) is 0 Å². The Kier molecular flexibility index (Phi) is 6.08. The molecule has 1 aromatic heterocycles. The Hall–Kier alpha value is -3.52. The third kappa shape index (κ3) is 4.49. The summed E-state index contributed by atoms with van der Waals surface area (Å²) in [7, 11) is 3.10. The lowest BCUT2D eigenvalue weighted by Crippen LogP contribution is -2.51. The molecule has 0 spiro atoms. The van der Waals surface area contributed by atoms with Crippen LogP contribution in [0.25, 0.3) is 11.3 Å². The molecule has 8 heteroatoms. The van der Waals surface area contributed by atoms with Gasteiger partial charge in [0.05, 0.1) is 26.9 Å². The van der Waals surface area contributed by atoms with Crippen LogP contribution in [0.15, 0.2) is 59.1 Å². The van der Waals surface area contributed by atoms with Gasteiger partial charge in [-0.25, -0.2) is 0 Å². The van der Waals surface area contributed by atoms with Gasteiger partial charge in [0, 0.05) is 24.2 Å². The molecule has 0 bridgehead atoms. The number of aromatic nitrogens is 1. The third-order valence-electron chi connectivity index (χ3n) is 5.24. The number of hydrogen-bond donors (Lipinski definition) is 1. The highest BCUT2D eigenvalue weighted by Gasteiger charge is 2.33. The molecule has 1 amide bonds. The van der Waals surface area contributed by atoms with Gasteiger partial charge < -0.3 is 28.7 Å². The molecule has 1 saturated heterocycles. The predicted molar refractivity (Wildman–Crippen MR) is 112 cm³/mol. The molecule has 0 unspecified atom stereocenters. The van der Waals surface area contributed by atoms with Gasteiger partial charge in [0.25, 0.3) is 5.91 Å². The van der Waals surface area contributed by atoms with Crippen molar-refractivity contribution < 1.29 is 28.6 Å². The maximum Gasteiger partial charge on any atom is 0.276 e. The van der Waals surface area contributed by atoms with Gasteiger partial charge in [-0.15, -0.1) is 0 Å². The molecule has 4 rings (SSSR count). The Bertz CT molecular complexity index is 1040. The van der Waals surface area contributed by atoms with E-state index in [2.05, 4.69) is 5.16 Å². The number of piperidine rings is 1. The number of carbonyl (C=O) groups is 1. The number of ether oxygens (including phenoxy) is 3. The summed E-state index contributed by atoms with van der Waals surface area (Å²) in [4.78, 5) is 14.6. The molecule has 31 heavy (non-hydrogen) atoms. The molecule has 1 N–H and O–H groups in total. The van der Waals surface area contributed by atoms with E-state index in [9.17, 15) is 9.90 Å². The lowest BCUT2D eigenvalue weighted by atomic mass is 10.0. The van der Waals surface area contributed by atoms with Crippen LogP contribution in [-0.4, -0.2) is 60.6 Å². The van der Waals surface area contributed by atoms with Crippen molar-refractivity contribution in [3.05, 3.63) is 60.3 Å². The van der Waals surface area contributed by atoms with Crippen LogP contribution >= 0.6 is 0 Å². The normalized spacial score (nSPS) is 18.5. The number of aliphatic hydroxyl groups excluding tert-OH is 1. The number of carbonyl (C=O) groups excluding carboxylic acids is 1. The Labute approximate surface area is 179 Å². The highest BCUT2D eigenvalue weighted by molar-refractivity contribution is 5.93. The van der Waals surface area contributed by atoms with Gasteiger partial charge in [0.2, 0.25) is 0 Å². The molecule has 0 saturated carbocycles. The van der Waals surface area contributed by atoms with E-state index in [4.69, 9.17) is 18.7 Å². The van der Waals surface area contributed by atoms with Crippen LogP contribution in [0.3, 0.4) is 0 Å². The van der Waals surface area contributed by atoms with Crippen molar-refractivity contribution >= 4 is 5.91 Å². The van der Waals surface area contributed by atoms with E-state index >= 15 is 0 Å². The first-order chi connectivity index (χ1) is 15.1. The van der Waals surface area contributed by atoms with Crippen molar-refractivity contribution in [2.75, 3.05) is 27.3 Å². The Morgan fingerprint density at radius 2 is 1.87 bits per heavy atom. The average Bonchev–Trinajstić information content (AvgIpc) is 3.31. The maximum atomic E-state index is 13.0. The fourth-order valence-electron chi connectivity index (χ4n) is 3.55. The largest absolute Gasteiger partial charge is 0.493 e. The second-order valence-electron chi connectivity index (χ2n) is 7.22. The predicted octanol–water partition coefficient (Wildman–Crippen LogP) is 3.01. The van der Waals surface area contributed by atoms with Crippen LogP contribution in [0.4, 0.5) is 0 Å². The Morgan fingerprint density at radius 1 is 1.10 bits per heavy atom. The van der Waals surface area contributed by atoms with E-state index in [1.807, 2.05) is 30.3 Å². The molecule has 162 valence electrons. The van der Waals surface area contributed by atoms with Gasteiger partial charge in [0.1, 0.15) is 11.9 Å². The van der Waals surface area contributed by atoms with E-state index in [0.29, 0.717) is 36.0 Å². The highest BCUT2D eigenvalue weighted by Crippen LogP contribution is 2.32. The zero-order chi connectivity index (χ0) is 21.8. The smallest absolute Gasteiger partial charge is 0.276 e. The van der Waals surface area contributed by atoms with Crippen molar-refractivity contribution in [3.63, 3.8) is 0 Å². The van der Waals surface area contributed by atoms with E-state index < -0.39 is 12.2 Å². The van der Waals surface area contributed by atoms with Gasteiger partial charge in [0.15, 0.2) is 23.0 Å². The average molecular weight is 424 g/mol. The number of hydrogen-bond acceptors (Lipinski definition) is 7. The molecule has 0 radical (unpaired) electrons. The lowest BCUT2D eigenvalue weighted by Gasteiger charge is -2.35. The van der Waals surface area contributed by atoms with E-state index in [0.717, 1.165) is 5.56 Å². The number of rotatable bonds is 6. The van der Waals surface area contributed by atoms with Gasteiger partial charge >= 0.3 is 0 Å². The maximum absolute atomic E-state index is 13.0. The Balaban J connectivity index is 1.46. The summed E-state index contributed by atoms with van der Waals surface area (Å²) in [5, 5.41) is 14.4. The topological polar surface area (TPSA) is 94.3 Å². The first kappa shape index (κ1) is 20.7. The van der Waals surface area contributed by atoms with Crippen LogP contribution in [0.5, 0.6) is 17.2 Å². The second-order valence-corrected chi connectivity index (χ2v) is 7.22. The van der Waals surface area contributed by atoms with Gasteiger partial charge in [-0.3, -0.25) is 4.79 Å². The second kappa shape index (κ2) is 9.09. The highest BCUT2D eigenvalue weighted by atomic mass is 16.5. The van der Waals surface area contributed by atoms with Crippen LogP contribution in [-0.2, 0) is 0 Å². The molecular formula is C23H24N2O6. The molecule has 8 nitrogen and oxygen atoms in total. The molecule has 1 aliphatic rings. The van der Waals surface area contributed by atoms with Gasteiger partial charge in [-0.05, 0) is 18.6 Å². The SMILES string of the molecule is COc1ccc(O[C@@H]2CN(C(=O)c3cc(-c4ccccc4)on3)CC[C@H]2O)cc1OC. The summed E-state index contributed by atoms with van der Waals surface area (Å²) in [6.07, 6.45) is -0.891. The Morgan fingerprint density at radius 3 is 2.61 bits per heavy atom. The molecule has 3 aromatic rings. The molecule has 0 aliphatic carbocycles. The number of methoxy groups -OCH3 is 2. The minimum atomic E-state index is -0.700. The summed E-state index contributed by atoms with van der Waals surface area (Å²) in [5.74, 6) is 1.88. The number of amides is 1. The number of aliphatic hydroxyl groups is 1. The van der Waals surface area contributed by atoms with Crippen molar-refractivity contribution in [2.24, 2.45) is 0 Å². The fraction of sp³-hybridized carbons (Fsp3) is 0.304. The molecule has 1 fully saturated rings. The minimum Gasteiger partial charge on any atom is -0.493 e. The zero-order valence-electron chi connectivity index (χ0n) is 17.4. The van der Waals surface area contributed by atoms with Crippen LogP contribution in [0.2, 0.25) is 0 Å². The summed E-state index contributed by atoms with van der Waals surface area (Å²) in [6, 6.07) is 16.2. The molecular weight excluding hydrogens is 400 g/mol. The number of nitrogens with zero attached hydrogens (tertiary/aromatic N) is 2. The molecule has 2 aromatic carbocycles. The first-order valence-corrected chi connectivity index (χ1v) is 9.97. The summed E-state index contributed by atoms with van der Waals surface area (Å²) >= 11 is 0. The van der Waals surface area contributed by atoms with E-state index in [1.165, 1.54) is 0 Å². The zero-order valence-corrected chi connectivity index (χ0v) is 17.4. The van der Waals surface area contributed by atoms with Crippen LogP contribution < -0.4 is 14.2 Å². The summed E-state index contributed by atoms with van der Waals surface area (Å²) < 4.78 is 21.9. The van der Waals surface area contributed by atoms with Crippen molar-refractivity contribution in [2.45, 2.75) is 18.6 Å². The first-order valence-electron chi connectivity index (χ1n) is 9.97. The molecule has 2 atom stereocenters. The van der Waals surface area contributed by atoms with E-state index in [-0.39, 0.29) is 18.1 Å². The minimum absolute atomic E-state index is 0.222. The monoisotopic (exact) mass is 424 g/mol. The van der Waals surface area contributed by atoms with Crippen molar-refractivity contribution in [3.8, 4) is 28.6 Å². The standard InChI is InChI=1S/C23H24N2O6/c1-28-19-9-8-16(12-21(19)29-2)30-22-14-25(11-10-18(22)26)23(27)17-13-20(31-24-17)15-6-4-3-5-7-15/h3-9,12-13,18,22,26H,10-11,14H2,1-2H3/t18-,22-/m1/s1. The van der Waals surface area contributed by atoms with Crippen molar-refractivity contribution in [1.82, 2.24) is 10.1 Å². The number of benzene rings is 2. The number of likely N-dealkylation sites (tertiary alicyclic amines) is 1. The summed E-state index contributed by atoms with van der Waals surface area (Å²) in [6.45, 7) is 0.626. The lowest BCUT2D eigenvalue weighted by molar-refractivity contribution is -0.0195. The van der Waals surface area contributed by atoms with Crippen LogP contribution in [0.1, 0.15) is 16.9 Å². The quantitative estimate of drug-likeness (QED) is 0.650. The van der Waals surface area contributed by atoms with Gasteiger partial charge in [-0.1, -0.05) is 35.5 Å². The van der Waals surface area contributed by atoms with Gasteiger partial charge in [-0.2, -0.15) is 0 Å². The summed E-state index contributed by atoms with van der Waals surface area (Å²) in [5.41, 5.74) is 1.07. The van der Waals surface area contributed by atoms with Crippen LogP contribution in [0, 0.1) is 0 Å². The molecule has 2 heterocycles. The third-order valence-corrected chi connectivity index (χ3v) is 5.24.